The summed E-state index contributed by atoms with van der Waals surface area (Å²) in [4.78, 5) is 19.8. The second-order valence-corrected chi connectivity index (χ2v) is 5.39. The van der Waals surface area contributed by atoms with Crippen LogP contribution in [0.25, 0.3) is 0 Å². The van der Waals surface area contributed by atoms with E-state index in [2.05, 4.69) is 22.2 Å². The normalized spacial score (nSPS) is 19.6. The van der Waals surface area contributed by atoms with Crippen molar-refractivity contribution in [3.8, 4) is 0 Å². The summed E-state index contributed by atoms with van der Waals surface area (Å²) in [5, 5.41) is 6.57. The lowest BCUT2D eigenvalue weighted by atomic mass is 10.3. The second-order valence-electron chi connectivity index (χ2n) is 3.53. The highest BCUT2D eigenvalue weighted by Gasteiger charge is 2.17. The van der Waals surface area contributed by atoms with Crippen LogP contribution in [0.4, 0.5) is 5.13 Å². The van der Waals surface area contributed by atoms with E-state index in [1.807, 2.05) is 0 Å². The van der Waals surface area contributed by atoms with E-state index in [0.717, 1.165) is 22.5 Å². The maximum atomic E-state index is 11.1. The Bertz CT molecular complexity index is 427. The molecule has 6 heteroatoms. The summed E-state index contributed by atoms with van der Waals surface area (Å²) >= 11 is 3.14. The molecule has 1 aromatic heterocycles. The van der Waals surface area contributed by atoms with E-state index in [1.165, 1.54) is 18.3 Å². The molecule has 0 fully saturated rings. The summed E-state index contributed by atoms with van der Waals surface area (Å²) in [6.45, 7) is 3.66. The molecule has 0 spiro atoms. The Morgan fingerprint density at radius 3 is 3.06 bits per heavy atom. The van der Waals surface area contributed by atoms with E-state index in [0.29, 0.717) is 11.7 Å². The first-order valence-corrected chi connectivity index (χ1v) is 6.99. The minimum absolute atomic E-state index is 0.00301. The van der Waals surface area contributed by atoms with Crippen molar-refractivity contribution in [1.82, 2.24) is 4.98 Å². The lowest BCUT2D eigenvalue weighted by molar-refractivity contribution is 0.101. The average molecular weight is 255 g/mol. The molecule has 86 valence electrons. The maximum absolute atomic E-state index is 11.1. The Labute approximate surface area is 103 Å². The first-order chi connectivity index (χ1) is 7.69. The maximum Gasteiger partial charge on any atom is 0.189 e. The zero-order chi connectivity index (χ0) is 11.5. The fourth-order valence-corrected chi connectivity index (χ4v) is 3.14. The molecule has 0 aromatic carbocycles. The summed E-state index contributed by atoms with van der Waals surface area (Å²) < 4.78 is 0. The van der Waals surface area contributed by atoms with Gasteiger partial charge in [0.15, 0.2) is 16.1 Å². The second kappa shape index (κ2) is 4.97. The van der Waals surface area contributed by atoms with Gasteiger partial charge >= 0.3 is 0 Å². The molecule has 0 radical (unpaired) electrons. The van der Waals surface area contributed by atoms with Crippen molar-refractivity contribution in [2.24, 2.45) is 4.99 Å². The smallest absolute Gasteiger partial charge is 0.189 e. The van der Waals surface area contributed by atoms with Crippen molar-refractivity contribution in [2.75, 3.05) is 11.1 Å². The van der Waals surface area contributed by atoms with Gasteiger partial charge in [0.1, 0.15) is 5.69 Å². The van der Waals surface area contributed by atoms with Crippen LogP contribution in [0.5, 0.6) is 0 Å². The molecule has 1 atom stereocenters. The summed E-state index contributed by atoms with van der Waals surface area (Å²) in [6.07, 6.45) is 1.06. The number of rotatable bonds is 3. The number of thioether (sulfide) groups is 1. The molecule has 2 rings (SSSR count). The molecular formula is C10H13N3OS2. The predicted molar refractivity (Wildman–Crippen MR) is 69.7 cm³/mol. The fraction of sp³-hybridized carbons (Fsp3) is 0.500. The third-order valence-corrected chi connectivity index (χ3v) is 4.05. The molecule has 1 N–H and O–H groups in total. The highest BCUT2D eigenvalue weighted by atomic mass is 32.2. The van der Waals surface area contributed by atoms with Gasteiger partial charge in [0.25, 0.3) is 0 Å². The lowest BCUT2D eigenvalue weighted by Gasteiger charge is -1.98. The Morgan fingerprint density at radius 1 is 1.69 bits per heavy atom. The number of amidine groups is 1. The topological polar surface area (TPSA) is 54.4 Å². The van der Waals surface area contributed by atoms with Crippen molar-refractivity contribution in [3.05, 3.63) is 11.1 Å². The summed E-state index contributed by atoms with van der Waals surface area (Å²) in [6, 6.07) is 0.416. The van der Waals surface area contributed by atoms with Crippen LogP contribution in [0.15, 0.2) is 10.4 Å². The van der Waals surface area contributed by atoms with Gasteiger partial charge in [0.2, 0.25) is 0 Å². The van der Waals surface area contributed by atoms with E-state index in [1.54, 1.807) is 17.1 Å². The number of nitrogens with one attached hydrogen (secondary N) is 1. The van der Waals surface area contributed by atoms with E-state index < -0.39 is 0 Å². The Balaban J connectivity index is 2.01. The number of hydrogen-bond acceptors (Lipinski definition) is 6. The van der Waals surface area contributed by atoms with E-state index >= 15 is 0 Å². The molecule has 0 amide bonds. The predicted octanol–water partition coefficient (Wildman–Crippen LogP) is 2.64. The number of nitrogens with zero attached hydrogens (tertiary/aromatic N) is 2. The van der Waals surface area contributed by atoms with Gasteiger partial charge in [-0.3, -0.25) is 9.79 Å². The third-order valence-electron chi connectivity index (χ3n) is 2.26. The minimum Gasteiger partial charge on any atom is -0.311 e. The Kier molecular flexibility index (Phi) is 3.60. The zero-order valence-electron chi connectivity index (χ0n) is 9.19. The molecule has 1 unspecified atom stereocenters. The summed E-state index contributed by atoms with van der Waals surface area (Å²) in [5.74, 6) is 1.03. The number of hydrogen-bond donors (Lipinski definition) is 1. The van der Waals surface area contributed by atoms with Crippen LogP contribution in [-0.4, -0.2) is 27.7 Å². The van der Waals surface area contributed by atoms with Crippen LogP contribution in [0, 0.1) is 0 Å². The molecule has 2 heterocycles. The molecule has 1 aromatic rings. The van der Waals surface area contributed by atoms with Gasteiger partial charge in [-0.1, -0.05) is 18.7 Å². The van der Waals surface area contributed by atoms with Gasteiger partial charge in [0, 0.05) is 18.1 Å². The van der Waals surface area contributed by atoms with Gasteiger partial charge in [-0.2, -0.15) is 0 Å². The first-order valence-electron chi connectivity index (χ1n) is 5.13. The molecule has 0 saturated heterocycles. The number of carbonyl (C=O) groups excluding carboxylic acids is 1. The van der Waals surface area contributed by atoms with Crippen LogP contribution in [0.3, 0.4) is 0 Å². The van der Waals surface area contributed by atoms with Gasteiger partial charge in [-0.25, -0.2) is 4.98 Å². The molecule has 4 nitrogen and oxygen atoms in total. The van der Waals surface area contributed by atoms with Crippen molar-refractivity contribution < 1.29 is 4.79 Å². The van der Waals surface area contributed by atoms with Crippen molar-refractivity contribution in [3.63, 3.8) is 0 Å². The largest absolute Gasteiger partial charge is 0.311 e. The minimum atomic E-state index is -0.00301. The summed E-state index contributed by atoms with van der Waals surface area (Å²) in [7, 11) is 0. The van der Waals surface area contributed by atoms with Gasteiger partial charge < -0.3 is 5.32 Å². The van der Waals surface area contributed by atoms with Crippen LogP contribution in [0.2, 0.25) is 0 Å². The molecule has 16 heavy (non-hydrogen) atoms. The van der Waals surface area contributed by atoms with E-state index in [-0.39, 0.29) is 5.78 Å². The fourth-order valence-electron chi connectivity index (χ4n) is 1.28. The standard InChI is InChI=1S/C10H13N3OS2/c1-3-7-4-15-9(11-7)13-10-12-8(5-16-10)6(2)14/h5,7H,3-4H2,1-2H3,(H,11,12,13). The van der Waals surface area contributed by atoms with Crippen molar-refractivity contribution >= 4 is 39.2 Å². The highest BCUT2D eigenvalue weighted by Crippen LogP contribution is 2.23. The molecular weight excluding hydrogens is 242 g/mol. The summed E-state index contributed by atoms with van der Waals surface area (Å²) in [5.41, 5.74) is 0.517. The number of aliphatic imine (C=N–C) groups is 1. The Hall–Kier alpha value is -0.880. The number of Topliss-reactive ketones (excluding diaryl/α,β-unsaturated/α-hetero) is 1. The number of anilines is 1. The lowest BCUT2D eigenvalue weighted by Crippen LogP contribution is -2.05. The molecule has 1 aliphatic heterocycles. The average Bonchev–Trinajstić information content (AvgIpc) is 2.87. The number of aromatic nitrogens is 1. The molecule has 0 saturated carbocycles. The van der Waals surface area contributed by atoms with Crippen molar-refractivity contribution in [1.29, 1.82) is 0 Å². The van der Waals surface area contributed by atoms with Crippen molar-refractivity contribution in [2.45, 2.75) is 26.3 Å². The van der Waals surface area contributed by atoms with Gasteiger partial charge in [0.05, 0.1) is 6.04 Å². The highest BCUT2D eigenvalue weighted by molar-refractivity contribution is 8.14. The van der Waals surface area contributed by atoms with E-state index in [9.17, 15) is 4.79 Å². The van der Waals surface area contributed by atoms with Gasteiger partial charge in [-0.15, -0.1) is 11.3 Å². The number of ketones is 1. The van der Waals surface area contributed by atoms with Crippen LogP contribution in [0.1, 0.15) is 30.8 Å². The number of carbonyl (C=O) groups is 1. The van der Waals surface area contributed by atoms with Crippen LogP contribution >= 0.6 is 23.1 Å². The zero-order valence-corrected chi connectivity index (χ0v) is 10.8. The molecule has 1 aliphatic rings. The third kappa shape index (κ3) is 2.62. The van der Waals surface area contributed by atoms with Gasteiger partial charge in [-0.05, 0) is 6.42 Å². The molecule has 0 bridgehead atoms. The SMILES string of the molecule is CCC1CSC(Nc2nc(C(C)=O)cs2)=N1. The monoisotopic (exact) mass is 255 g/mol. The molecule has 0 aliphatic carbocycles. The number of thiazole rings is 1. The Morgan fingerprint density at radius 2 is 2.50 bits per heavy atom. The van der Waals surface area contributed by atoms with Crippen LogP contribution in [-0.2, 0) is 0 Å². The first kappa shape index (κ1) is 11.6. The van der Waals surface area contributed by atoms with Crippen LogP contribution < -0.4 is 5.32 Å². The van der Waals surface area contributed by atoms with E-state index in [4.69, 9.17) is 0 Å². The quantitative estimate of drug-likeness (QED) is 0.844.